The summed E-state index contributed by atoms with van der Waals surface area (Å²) in [4.78, 5) is 26.8. The number of aromatic nitrogens is 4. The average Bonchev–Trinajstić information content (AvgIpc) is 3.43. The van der Waals surface area contributed by atoms with Crippen LogP contribution in [0.4, 0.5) is 14.6 Å². The Bertz CT molecular complexity index is 1120. The van der Waals surface area contributed by atoms with Crippen LogP contribution in [0.2, 0.25) is 0 Å². The van der Waals surface area contributed by atoms with Crippen LogP contribution in [0.5, 0.6) is 0 Å². The van der Waals surface area contributed by atoms with E-state index in [1.807, 2.05) is 0 Å². The third-order valence-corrected chi connectivity index (χ3v) is 6.71. The Morgan fingerprint density at radius 1 is 1.30 bits per heavy atom. The van der Waals surface area contributed by atoms with Crippen LogP contribution in [0.1, 0.15) is 38.5 Å². The van der Waals surface area contributed by atoms with Gasteiger partial charge in [-0.25, -0.2) is 23.7 Å². The standard InChI is InChI=1S/C21H21F2N5O2/c22-12-5-13-14(9-25-18(13)24-8-12)19-26-10-15(23)20(28-19)27-16(6-17(29)30)21-3-1-11(7-21)2-4-21/h5,8-11,16H,1-4,6-7H2,(H,24,25)(H,29,30)(H,26,27,28). The number of carboxylic acid groups (broad SMARTS) is 1. The summed E-state index contributed by atoms with van der Waals surface area (Å²) in [5.41, 5.74) is 0.822. The molecule has 9 heteroatoms. The minimum absolute atomic E-state index is 0.0327. The highest BCUT2D eigenvalue weighted by Gasteiger charge is 2.50. The molecule has 3 aromatic heterocycles. The Balaban J connectivity index is 1.51. The molecule has 3 aromatic rings. The van der Waals surface area contributed by atoms with Crippen LogP contribution in [-0.4, -0.2) is 37.1 Å². The van der Waals surface area contributed by atoms with Crippen molar-refractivity contribution in [1.29, 1.82) is 0 Å². The predicted molar refractivity (Wildman–Crippen MR) is 106 cm³/mol. The minimum Gasteiger partial charge on any atom is -0.481 e. The first-order chi connectivity index (χ1) is 14.4. The van der Waals surface area contributed by atoms with E-state index in [2.05, 4.69) is 25.3 Å². The molecule has 5 rings (SSSR count). The lowest BCUT2D eigenvalue weighted by molar-refractivity contribution is -0.138. The van der Waals surface area contributed by atoms with Crippen molar-refractivity contribution in [2.75, 3.05) is 5.32 Å². The van der Waals surface area contributed by atoms with Gasteiger partial charge in [-0.05, 0) is 49.5 Å². The van der Waals surface area contributed by atoms with Crippen molar-refractivity contribution in [2.45, 2.75) is 44.6 Å². The summed E-state index contributed by atoms with van der Waals surface area (Å²) in [5, 5.41) is 13.0. The number of anilines is 1. The summed E-state index contributed by atoms with van der Waals surface area (Å²) in [6.07, 6.45) is 8.67. The molecule has 0 spiro atoms. The van der Waals surface area contributed by atoms with Gasteiger partial charge in [0.1, 0.15) is 11.5 Å². The van der Waals surface area contributed by atoms with Crippen LogP contribution in [0, 0.1) is 23.0 Å². The van der Waals surface area contributed by atoms with Crippen LogP contribution < -0.4 is 5.32 Å². The monoisotopic (exact) mass is 413 g/mol. The number of hydrogen-bond donors (Lipinski definition) is 3. The summed E-state index contributed by atoms with van der Waals surface area (Å²) < 4.78 is 28.3. The number of H-pyrrole nitrogens is 1. The second-order valence-electron chi connectivity index (χ2n) is 8.45. The molecule has 156 valence electrons. The molecule has 0 aliphatic heterocycles. The predicted octanol–water partition coefficient (Wildman–Crippen LogP) is 4.13. The Morgan fingerprint density at radius 3 is 2.80 bits per heavy atom. The van der Waals surface area contributed by atoms with Crippen molar-refractivity contribution in [3.63, 3.8) is 0 Å². The van der Waals surface area contributed by atoms with Gasteiger partial charge in [0.05, 0.1) is 18.8 Å². The third-order valence-electron chi connectivity index (χ3n) is 6.71. The molecular formula is C21H21F2N5O2. The van der Waals surface area contributed by atoms with Gasteiger partial charge in [-0.15, -0.1) is 0 Å². The van der Waals surface area contributed by atoms with Gasteiger partial charge in [-0.3, -0.25) is 4.79 Å². The van der Waals surface area contributed by atoms with E-state index in [4.69, 9.17) is 0 Å². The lowest BCUT2D eigenvalue weighted by Gasteiger charge is -2.36. The van der Waals surface area contributed by atoms with E-state index in [0.717, 1.165) is 44.5 Å². The molecule has 2 bridgehead atoms. The zero-order chi connectivity index (χ0) is 20.9. The van der Waals surface area contributed by atoms with Gasteiger partial charge in [0.2, 0.25) is 0 Å². The molecule has 1 atom stereocenters. The van der Waals surface area contributed by atoms with E-state index in [1.54, 1.807) is 6.20 Å². The molecule has 0 radical (unpaired) electrons. The molecule has 7 nitrogen and oxygen atoms in total. The first-order valence-corrected chi connectivity index (χ1v) is 10.1. The molecule has 2 aliphatic carbocycles. The van der Waals surface area contributed by atoms with E-state index in [-0.39, 0.29) is 23.5 Å². The maximum absolute atomic E-state index is 14.6. The van der Waals surface area contributed by atoms with Gasteiger partial charge in [0.15, 0.2) is 17.5 Å². The van der Waals surface area contributed by atoms with Gasteiger partial charge in [0.25, 0.3) is 0 Å². The summed E-state index contributed by atoms with van der Waals surface area (Å²) >= 11 is 0. The van der Waals surface area contributed by atoms with E-state index in [1.165, 1.54) is 6.07 Å². The van der Waals surface area contributed by atoms with Crippen LogP contribution in [-0.2, 0) is 4.79 Å². The SMILES string of the molecule is O=C(O)CC(Nc1nc(-c2c[nH]c3ncc(F)cc23)ncc1F)C12CCC(CC1)C2. The number of fused-ring (bicyclic) bond motifs is 3. The van der Waals surface area contributed by atoms with Gasteiger partial charge in [-0.2, -0.15) is 0 Å². The molecule has 2 aliphatic rings. The van der Waals surface area contributed by atoms with Crippen LogP contribution in [0.3, 0.4) is 0 Å². The lowest BCUT2D eigenvalue weighted by atomic mass is 9.76. The van der Waals surface area contributed by atoms with Crippen molar-refractivity contribution in [3.05, 3.63) is 36.3 Å². The van der Waals surface area contributed by atoms with Gasteiger partial charge in [0, 0.05) is 23.2 Å². The smallest absolute Gasteiger partial charge is 0.305 e. The number of rotatable bonds is 6. The minimum atomic E-state index is -0.926. The molecule has 0 aromatic carbocycles. The quantitative estimate of drug-likeness (QED) is 0.561. The first-order valence-electron chi connectivity index (χ1n) is 10.1. The van der Waals surface area contributed by atoms with Crippen LogP contribution >= 0.6 is 0 Å². The molecule has 2 fully saturated rings. The normalized spacial score (nSPS) is 23.7. The number of nitrogens with zero attached hydrogens (tertiary/aromatic N) is 3. The fourth-order valence-corrected chi connectivity index (χ4v) is 5.25. The largest absolute Gasteiger partial charge is 0.481 e. The molecule has 0 saturated heterocycles. The average molecular weight is 413 g/mol. The number of halogens is 2. The van der Waals surface area contributed by atoms with Crippen molar-refractivity contribution in [1.82, 2.24) is 19.9 Å². The maximum Gasteiger partial charge on any atom is 0.305 e. The van der Waals surface area contributed by atoms with Crippen LogP contribution in [0.25, 0.3) is 22.4 Å². The molecule has 0 amide bonds. The fourth-order valence-electron chi connectivity index (χ4n) is 5.25. The Kier molecular flexibility index (Phi) is 4.41. The fraction of sp³-hybridized carbons (Fsp3) is 0.429. The highest BCUT2D eigenvalue weighted by molar-refractivity contribution is 5.91. The van der Waals surface area contributed by atoms with E-state index < -0.39 is 23.6 Å². The van der Waals surface area contributed by atoms with Gasteiger partial charge >= 0.3 is 5.97 Å². The van der Waals surface area contributed by atoms with E-state index >= 15 is 0 Å². The summed E-state index contributed by atoms with van der Waals surface area (Å²) in [7, 11) is 0. The van der Waals surface area contributed by atoms with E-state index in [0.29, 0.717) is 22.5 Å². The number of nitrogens with one attached hydrogen (secondary N) is 2. The molecule has 2 saturated carbocycles. The van der Waals surface area contributed by atoms with Crippen molar-refractivity contribution >= 4 is 22.8 Å². The zero-order valence-electron chi connectivity index (χ0n) is 16.2. The zero-order valence-corrected chi connectivity index (χ0v) is 16.2. The molecular weight excluding hydrogens is 392 g/mol. The number of aromatic amines is 1. The van der Waals surface area contributed by atoms with Crippen molar-refractivity contribution < 1.29 is 18.7 Å². The molecule has 1 unspecified atom stereocenters. The third kappa shape index (κ3) is 3.18. The highest BCUT2D eigenvalue weighted by Crippen LogP contribution is 2.57. The summed E-state index contributed by atoms with van der Waals surface area (Å²) in [6, 6.07) is 0.902. The topological polar surface area (TPSA) is 104 Å². The summed E-state index contributed by atoms with van der Waals surface area (Å²) in [5.74, 6) is -1.27. The molecule has 3 heterocycles. The van der Waals surface area contributed by atoms with Crippen molar-refractivity contribution in [2.24, 2.45) is 11.3 Å². The Labute approximate surface area is 171 Å². The lowest BCUT2D eigenvalue weighted by Crippen LogP contribution is -2.40. The number of carboxylic acids is 1. The maximum atomic E-state index is 14.6. The van der Waals surface area contributed by atoms with Gasteiger partial charge in [-0.1, -0.05) is 0 Å². The number of aliphatic carboxylic acids is 1. The molecule has 30 heavy (non-hydrogen) atoms. The Hall–Kier alpha value is -3.10. The number of hydrogen-bond acceptors (Lipinski definition) is 5. The highest BCUT2D eigenvalue weighted by atomic mass is 19.1. The second kappa shape index (κ2) is 7.00. The Morgan fingerprint density at radius 2 is 2.10 bits per heavy atom. The second-order valence-corrected chi connectivity index (χ2v) is 8.45. The molecule has 3 N–H and O–H groups in total. The van der Waals surface area contributed by atoms with E-state index in [9.17, 15) is 18.7 Å². The first kappa shape index (κ1) is 18.9. The van der Waals surface area contributed by atoms with Crippen molar-refractivity contribution in [3.8, 4) is 11.4 Å². The van der Waals surface area contributed by atoms with Gasteiger partial charge < -0.3 is 15.4 Å². The number of carbonyl (C=O) groups is 1. The summed E-state index contributed by atoms with van der Waals surface area (Å²) in [6.45, 7) is 0. The number of pyridine rings is 1. The van der Waals surface area contributed by atoms with Crippen LogP contribution in [0.15, 0.2) is 24.7 Å².